The van der Waals surface area contributed by atoms with Crippen molar-refractivity contribution in [2.45, 2.75) is 38.8 Å². The molecule has 0 spiro atoms. The Morgan fingerprint density at radius 1 is 0.971 bits per heavy atom. The number of nitrogens with zero attached hydrogens (tertiary/aromatic N) is 2. The van der Waals surface area contributed by atoms with Crippen molar-refractivity contribution in [3.63, 3.8) is 0 Å². The molecule has 0 radical (unpaired) electrons. The van der Waals surface area contributed by atoms with E-state index in [1.165, 1.54) is 13.0 Å². The normalized spacial score (nSPS) is 17.6. The number of anilines is 2. The predicted molar refractivity (Wildman–Crippen MR) is 136 cm³/mol. The Labute approximate surface area is 200 Å². The molecular formula is C28H29N3O3. The molecule has 6 nitrogen and oxygen atoms in total. The Hall–Kier alpha value is -3.93. The molecule has 1 aliphatic heterocycles. The van der Waals surface area contributed by atoms with Crippen LogP contribution >= 0.6 is 0 Å². The van der Waals surface area contributed by atoms with Gasteiger partial charge in [-0.15, -0.1) is 0 Å². The average molecular weight is 456 g/mol. The largest absolute Gasteiger partial charge is 0.350 e. The summed E-state index contributed by atoms with van der Waals surface area (Å²) in [6.07, 6.45) is 8.88. The van der Waals surface area contributed by atoms with Gasteiger partial charge in [-0.2, -0.15) is 0 Å². The lowest BCUT2D eigenvalue weighted by Crippen LogP contribution is -2.51. The minimum absolute atomic E-state index is 0.0679. The molecule has 0 aromatic heterocycles. The van der Waals surface area contributed by atoms with Gasteiger partial charge in [0, 0.05) is 31.1 Å². The maximum atomic E-state index is 13.4. The molecule has 2 aromatic rings. The van der Waals surface area contributed by atoms with Gasteiger partial charge < -0.3 is 15.1 Å². The lowest BCUT2D eigenvalue weighted by molar-refractivity contribution is -0.117. The monoisotopic (exact) mass is 455 g/mol. The minimum atomic E-state index is -0.154. The van der Waals surface area contributed by atoms with Gasteiger partial charge in [0.25, 0.3) is 5.91 Å². The van der Waals surface area contributed by atoms with Gasteiger partial charge >= 0.3 is 0 Å². The Morgan fingerprint density at radius 3 is 2.35 bits per heavy atom. The standard InChI is InChI=1S/C28H29N3O3/c1-19(9-7-8-12-27(33)29-24-14-15-24)23-13-16-25-26(17-23)30(18-20(2)31(25)21(3)32)28(34)22-10-5-4-6-11-22/h4-13,16-17,20,24H,1,14-15,18H2,2-3H3,(H,29,33)/b9-7-,12-8+. The summed E-state index contributed by atoms with van der Waals surface area (Å²) in [5.74, 6) is -0.276. The molecule has 1 atom stereocenters. The van der Waals surface area contributed by atoms with Gasteiger partial charge in [-0.1, -0.05) is 49.1 Å². The van der Waals surface area contributed by atoms with Crippen LogP contribution < -0.4 is 15.1 Å². The van der Waals surface area contributed by atoms with Gasteiger partial charge in [0.1, 0.15) is 0 Å². The van der Waals surface area contributed by atoms with Crippen LogP contribution in [-0.4, -0.2) is 36.3 Å². The van der Waals surface area contributed by atoms with Crippen molar-refractivity contribution in [2.24, 2.45) is 0 Å². The minimum Gasteiger partial charge on any atom is -0.350 e. The molecule has 1 aliphatic carbocycles. The number of carbonyl (C=O) groups excluding carboxylic acids is 3. The fraction of sp³-hybridized carbons (Fsp3) is 0.250. The third kappa shape index (κ3) is 5.17. The van der Waals surface area contributed by atoms with E-state index in [0.717, 1.165) is 24.0 Å². The Bertz CT molecular complexity index is 1180. The van der Waals surface area contributed by atoms with Gasteiger partial charge in [0.15, 0.2) is 0 Å². The third-order valence-corrected chi connectivity index (χ3v) is 5.97. The van der Waals surface area contributed by atoms with E-state index < -0.39 is 0 Å². The van der Waals surface area contributed by atoms with Crippen LogP contribution in [0.4, 0.5) is 11.4 Å². The van der Waals surface area contributed by atoms with E-state index in [0.29, 0.717) is 29.5 Å². The molecule has 1 heterocycles. The first kappa shape index (κ1) is 23.2. The summed E-state index contributed by atoms with van der Waals surface area (Å²) in [5.41, 5.74) is 3.53. The molecule has 1 saturated carbocycles. The van der Waals surface area contributed by atoms with Crippen LogP contribution in [0.5, 0.6) is 0 Å². The predicted octanol–water partition coefficient (Wildman–Crippen LogP) is 4.49. The van der Waals surface area contributed by atoms with Crippen molar-refractivity contribution in [3.05, 3.63) is 90.5 Å². The Balaban J connectivity index is 1.60. The SMILES string of the molecule is C=C(/C=C\C=C\C(=O)NC1CC1)c1ccc2c(c1)N(C(=O)c1ccccc1)CC(C)N2C(C)=O. The first-order chi connectivity index (χ1) is 16.3. The quantitative estimate of drug-likeness (QED) is 0.515. The van der Waals surface area contributed by atoms with Crippen LogP contribution in [0.1, 0.15) is 42.6 Å². The zero-order valence-corrected chi connectivity index (χ0v) is 19.5. The fourth-order valence-electron chi connectivity index (χ4n) is 4.12. The fourth-order valence-corrected chi connectivity index (χ4v) is 4.12. The summed E-state index contributed by atoms with van der Waals surface area (Å²) in [5, 5.41) is 2.90. The second-order valence-electron chi connectivity index (χ2n) is 8.75. The van der Waals surface area contributed by atoms with E-state index in [1.807, 2.05) is 49.4 Å². The van der Waals surface area contributed by atoms with Crippen molar-refractivity contribution >= 4 is 34.7 Å². The maximum absolute atomic E-state index is 13.4. The van der Waals surface area contributed by atoms with E-state index in [9.17, 15) is 14.4 Å². The zero-order chi connectivity index (χ0) is 24.2. The molecule has 4 rings (SSSR count). The Kier molecular flexibility index (Phi) is 6.77. The first-order valence-corrected chi connectivity index (χ1v) is 11.5. The molecule has 174 valence electrons. The van der Waals surface area contributed by atoms with Crippen molar-refractivity contribution < 1.29 is 14.4 Å². The summed E-state index contributed by atoms with van der Waals surface area (Å²) in [4.78, 5) is 41.0. The van der Waals surface area contributed by atoms with Gasteiger partial charge in [-0.3, -0.25) is 14.4 Å². The molecule has 1 unspecified atom stereocenters. The molecule has 34 heavy (non-hydrogen) atoms. The summed E-state index contributed by atoms with van der Waals surface area (Å²) in [7, 11) is 0. The molecule has 3 amide bonds. The molecule has 1 fully saturated rings. The van der Waals surface area contributed by atoms with Crippen LogP contribution in [0, 0.1) is 0 Å². The van der Waals surface area contributed by atoms with Crippen LogP contribution in [0.25, 0.3) is 5.57 Å². The van der Waals surface area contributed by atoms with Crippen LogP contribution in [-0.2, 0) is 9.59 Å². The number of hydrogen-bond donors (Lipinski definition) is 1. The molecular weight excluding hydrogens is 426 g/mol. The van der Waals surface area contributed by atoms with Crippen molar-refractivity contribution in [2.75, 3.05) is 16.3 Å². The van der Waals surface area contributed by atoms with Crippen LogP contribution in [0.3, 0.4) is 0 Å². The highest BCUT2D eigenvalue weighted by atomic mass is 16.2. The number of fused-ring (bicyclic) bond motifs is 1. The van der Waals surface area contributed by atoms with E-state index in [-0.39, 0.29) is 23.8 Å². The highest BCUT2D eigenvalue weighted by Crippen LogP contribution is 2.38. The third-order valence-electron chi connectivity index (χ3n) is 5.97. The van der Waals surface area contributed by atoms with E-state index >= 15 is 0 Å². The molecule has 6 heteroatoms. The van der Waals surface area contributed by atoms with Crippen molar-refractivity contribution in [1.29, 1.82) is 0 Å². The van der Waals surface area contributed by atoms with Gasteiger partial charge in [0.05, 0.1) is 17.4 Å². The smallest absolute Gasteiger partial charge is 0.258 e. The van der Waals surface area contributed by atoms with E-state index in [4.69, 9.17) is 0 Å². The summed E-state index contributed by atoms with van der Waals surface area (Å²) >= 11 is 0. The van der Waals surface area contributed by atoms with Gasteiger partial charge in [0.2, 0.25) is 11.8 Å². The number of hydrogen-bond acceptors (Lipinski definition) is 3. The van der Waals surface area contributed by atoms with Crippen molar-refractivity contribution in [3.8, 4) is 0 Å². The average Bonchev–Trinajstić information content (AvgIpc) is 3.64. The number of rotatable bonds is 6. The summed E-state index contributed by atoms with van der Waals surface area (Å²) < 4.78 is 0. The number of amides is 3. The molecule has 0 bridgehead atoms. The first-order valence-electron chi connectivity index (χ1n) is 11.5. The Morgan fingerprint density at radius 2 is 1.68 bits per heavy atom. The van der Waals surface area contributed by atoms with Crippen molar-refractivity contribution in [1.82, 2.24) is 5.32 Å². The summed E-state index contributed by atoms with van der Waals surface area (Å²) in [6.45, 7) is 8.01. The van der Waals surface area contributed by atoms with Gasteiger partial charge in [-0.25, -0.2) is 0 Å². The molecule has 2 aliphatic rings. The lowest BCUT2D eigenvalue weighted by atomic mass is 10.00. The molecule has 1 N–H and O–H groups in total. The van der Waals surface area contributed by atoms with Crippen LogP contribution in [0.2, 0.25) is 0 Å². The second kappa shape index (κ2) is 9.91. The molecule has 2 aromatic carbocycles. The van der Waals surface area contributed by atoms with E-state index in [1.54, 1.807) is 34.1 Å². The lowest BCUT2D eigenvalue weighted by Gasteiger charge is -2.41. The number of allylic oxidation sites excluding steroid dienone is 4. The molecule has 0 saturated heterocycles. The maximum Gasteiger partial charge on any atom is 0.258 e. The number of benzene rings is 2. The van der Waals surface area contributed by atoms with Crippen LogP contribution in [0.15, 0.2) is 79.4 Å². The second-order valence-corrected chi connectivity index (χ2v) is 8.75. The van der Waals surface area contributed by atoms with E-state index in [2.05, 4.69) is 11.9 Å². The highest BCUT2D eigenvalue weighted by molar-refractivity contribution is 6.11. The number of nitrogens with one attached hydrogen (secondary N) is 1. The number of carbonyl (C=O) groups is 3. The topological polar surface area (TPSA) is 69.7 Å². The zero-order valence-electron chi connectivity index (χ0n) is 19.5. The van der Waals surface area contributed by atoms with Gasteiger partial charge in [-0.05, 0) is 55.2 Å². The summed E-state index contributed by atoms with van der Waals surface area (Å²) in [6, 6.07) is 15.0. The highest BCUT2D eigenvalue weighted by Gasteiger charge is 2.34.